The molecule has 0 radical (unpaired) electrons. The van der Waals surface area contributed by atoms with Crippen LogP contribution in [0.1, 0.15) is 92.2 Å². The number of hydrogen-bond acceptors (Lipinski definition) is 5. The summed E-state index contributed by atoms with van der Waals surface area (Å²) in [5.74, 6) is -0.520. The molecule has 0 spiro atoms. The molecule has 0 N–H and O–H groups in total. The van der Waals surface area contributed by atoms with Gasteiger partial charge in [0.15, 0.2) is 5.69 Å². The molecule has 2 saturated carbocycles. The molecule has 138 valence electrons. The van der Waals surface area contributed by atoms with Crippen molar-refractivity contribution >= 4 is 11.9 Å². The second-order valence-electron chi connectivity index (χ2n) is 7.09. The summed E-state index contributed by atoms with van der Waals surface area (Å²) in [4.78, 5) is 27.0. The van der Waals surface area contributed by atoms with Gasteiger partial charge in [0.2, 0.25) is 5.76 Å². The SMILES string of the molecule is CCOC(=O)c1cc(C(=O)N(C2CCCCC2)C2CCCCC2)on1. The van der Waals surface area contributed by atoms with E-state index in [1.165, 1.54) is 44.6 Å². The van der Waals surface area contributed by atoms with Gasteiger partial charge in [0, 0.05) is 18.2 Å². The van der Waals surface area contributed by atoms with Crippen molar-refractivity contribution in [1.82, 2.24) is 10.1 Å². The number of nitrogens with zero attached hydrogens (tertiary/aromatic N) is 2. The van der Waals surface area contributed by atoms with E-state index in [4.69, 9.17) is 9.26 Å². The molecule has 2 aliphatic carbocycles. The van der Waals surface area contributed by atoms with E-state index in [1.54, 1.807) is 6.92 Å². The predicted octanol–water partition coefficient (Wildman–Crippen LogP) is 3.96. The van der Waals surface area contributed by atoms with E-state index in [9.17, 15) is 9.59 Å². The summed E-state index contributed by atoms with van der Waals surface area (Å²) >= 11 is 0. The minimum atomic E-state index is -0.549. The molecule has 6 heteroatoms. The van der Waals surface area contributed by atoms with Crippen molar-refractivity contribution in [2.24, 2.45) is 0 Å². The maximum Gasteiger partial charge on any atom is 0.360 e. The van der Waals surface area contributed by atoms with Crippen LogP contribution < -0.4 is 0 Å². The smallest absolute Gasteiger partial charge is 0.360 e. The first-order valence-corrected chi connectivity index (χ1v) is 9.67. The van der Waals surface area contributed by atoms with Gasteiger partial charge in [-0.05, 0) is 32.6 Å². The second kappa shape index (κ2) is 8.50. The van der Waals surface area contributed by atoms with Gasteiger partial charge < -0.3 is 14.2 Å². The maximum atomic E-state index is 13.2. The van der Waals surface area contributed by atoms with E-state index in [0.717, 1.165) is 25.7 Å². The first kappa shape index (κ1) is 18.0. The summed E-state index contributed by atoms with van der Waals surface area (Å²) in [5, 5.41) is 3.73. The van der Waals surface area contributed by atoms with Crippen molar-refractivity contribution in [3.05, 3.63) is 17.5 Å². The van der Waals surface area contributed by atoms with Crippen LogP contribution in [0.4, 0.5) is 0 Å². The van der Waals surface area contributed by atoms with E-state index >= 15 is 0 Å². The van der Waals surface area contributed by atoms with E-state index in [-0.39, 0.29) is 36.1 Å². The molecule has 0 unspecified atom stereocenters. The topological polar surface area (TPSA) is 72.6 Å². The number of esters is 1. The maximum absolute atomic E-state index is 13.2. The van der Waals surface area contributed by atoms with Gasteiger partial charge in [-0.3, -0.25) is 4.79 Å². The number of aromatic nitrogens is 1. The van der Waals surface area contributed by atoms with Crippen LogP contribution in [0.5, 0.6) is 0 Å². The predicted molar refractivity (Wildman–Crippen MR) is 92.4 cm³/mol. The third-order valence-corrected chi connectivity index (χ3v) is 5.38. The van der Waals surface area contributed by atoms with Crippen LogP contribution in [0.2, 0.25) is 0 Å². The van der Waals surface area contributed by atoms with E-state index < -0.39 is 5.97 Å². The highest BCUT2D eigenvalue weighted by Crippen LogP contribution is 2.31. The van der Waals surface area contributed by atoms with Gasteiger partial charge in [0.1, 0.15) is 0 Å². The third-order valence-electron chi connectivity index (χ3n) is 5.38. The van der Waals surface area contributed by atoms with Crippen LogP contribution in [0, 0.1) is 0 Å². The Hall–Kier alpha value is -1.85. The summed E-state index contributed by atoms with van der Waals surface area (Å²) in [7, 11) is 0. The fraction of sp³-hybridized carbons (Fsp3) is 0.737. The molecule has 0 saturated heterocycles. The van der Waals surface area contributed by atoms with E-state index in [0.29, 0.717) is 0 Å². The van der Waals surface area contributed by atoms with Crippen molar-refractivity contribution in [1.29, 1.82) is 0 Å². The zero-order valence-electron chi connectivity index (χ0n) is 15.0. The largest absolute Gasteiger partial charge is 0.461 e. The normalized spacial score (nSPS) is 19.6. The van der Waals surface area contributed by atoms with E-state index in [2.05, 4.69) is 5.16 Å². The van der Waals surface area contributed by atoms with Crippen molar-refractivity contribution in [3.63, 3.8) is 0 Å². The summed E-state index contributed by atoms with van der Waals surface area (Å²) in [6.07, 6.45) is 11.4. The molecule has 1 aromatic rings. The Balaban J connectivity index is 1.79. The van der Waals surface area contributed by atoms with Gasteiger partial charge >= 0.3 is 5.97 Å². The lowest BCUT2D eigenvalue weighted by molar-refractivity contribution is 0.0406. The molecule has 3 rings (SSSR count). The molecule has 0 bridgehead atoms. The van der Waals surface area contributed by atoms with E-state index in [1.807, 2.05) is 4.90 Å². The summed E-state index contributed by atoms with van der Waals surface area (Å²) < 4.78 is 10.1. The summed E-state index contributed by atoms with van der Waals surface area (Å²) in [5.41, 5.74) is 0.0671. The third kappa shape index (κ3) is 4.22. The summed E-state index contributed by atoms with van der Waals surface area (Å²) in [6, 6.07) is 1.99. The Kier molecular flexibility index (Phi) is 6.10. The van der Waals surface area contributed by atoms with Crippen molar-refractivity contribution in [2.75, 3.05) is 6.61 Å². The highest BCUT2D eigenvalue weighted by molar-refractivity contribution is 5.95. The molecule has 25 heavy (non-hydrogen) atoms. The van der Waals surface area contributed by atoms with Crippen LogP contribution in [0.3, 0.4) is 0 Å². The molecule has 0 aliphatic heterocycles. The quantitative estimate of drug-likeness (QED) is 0.753. The first-order chi connectivity index (χ1) is 12.2. The number of carbonyl (C=O) groups is 2. The molecule has 0 atom stereocenters. The lowest BCUT2D eigenvalue weighted by Crippen LogP contribution is -2.48. The molecule has 2 aliphatic rings. The fourth-order valence-electron chi connectivity index (χ4n) is 4.15. The van der Waals surface area contributed by atoms with Gasteiger partial charge in [-0.1, -0.05) is 43.7 Å². The number of ether oxygens (including phenoxy) is 1. The highest BCUT2D eigenvalue weighted by atomic mass is 16.5. The molecular weight excluding hydrogens is 320 g/mol. The Morgan fingerprint density at radius 1 is 1.08 bits per heavy atom. The first-order valence-electron chi connectivity index (χ1n) is 9.67. The minimum absolute atomic E-state index is 0.0671. The lowest BCUT2D eigenvalue weighted by atomic mass is 9.88. The standard InChI is InChI=1S/C19H28N2O4/c1-2-24-19(23)16-13-17(25-20-16)18(22)21(14-9-5-3-6-10-14)15-11-7-4-8-12-15/h13-15H,2-12H2,1H3. The summed E-state index contributed by atoms with van der Waals surface area (Å²) in [6.45, 7) is 2.00. The zero-order chi connectivity index (χ0) is 17.6. The van der Waals surface area contributed by atoms with Gasteiger partial charge in [-0.15, -0.1) is 0 Å². The number of rotatable bonds is 5. The number of amides is 1. The molecule has 1 heterocycles. The van der Waals surface area contributed by atoms with Gasteiger partial charge in [-0.25, -0.2) is 4.79 Å². The van der Waals surface area contributed by atoms with Crippen LogP contribution in [-0.4, -0.2) is 40.6 Å². The Morgan fingerprint density at radius 2 is 1.64 bits per heavy atom. The van der Waals surface area contributed by atoms with Crippen LogP contribution in [-0.2, 0) is 4.74 Å². The number of hydrogen-bond donors (Lipinski definition) is 0. The average molecular weight is 348 g/mol. The molecular formula is C19H28N2O4. The molecule has 6 nitrogen and oxygen atoms in total. The van der Waals surface area contributed by atoms with Gasteiger partial charge in [0.05, 0.1) is 6.61 Å². The average Bonchev–Trinajstić information content (AvgIpc) is 3.14. The van der Waals surface area contributed by atoms with Crippen LogP contribution >= 0.6 is 0 Å². The Bertz CT molecular complexity index is 568. The van der Waals surface area contributed by atoms with Crippen molar-refractivity contribution in [2.45, 2.75) is 83.2 Å². The van der Waals surface area contributed by atoms with Gasteiger partial charge in [0.25, 0.3) is 5.91 Å². The lowest BCUT2D eigenvalue weighted by Gasteiger charge is -2.41. The minimum Gasteiger partial charge on any atom is -0.461 e. The second-order valence-corrected chi connectivity index (χ2v) is 7.09. The molecule has 0 aromatic carbocycles. The fourth-order valence-corrected chi connectivity index (χ4v) is 4.15. The van der Waals surface area contributed by atoms with Crippen molar-refractivity contribution < 1.29 is 18.8 Å². The van der Waals surface area contributed by atoms with Crippen molar-refractivity contribution in [3.8, 4) is 0 Å². The molecule has 1 aromatic heterocycles. The zero-order valence-corrected chi connectivity index (χ0v) is 15.0. The molecule has 2 fully saturated rings. The van der Waals surface area contributed by atoms with Crippen LogP contribution in [0.15, 0.2) is 10.6 Å². The molecule has 1 amide bonds. The monoisotopic (exact) mass is 348 g/mol. The highest BCUT2D eigenvalue weighted by Gasteiger charge is 2.35. The Labute approximate surface area is 148 Å². The Morgan fingerprint density at radius 3 is 2.16 bits per heavy atom. The van der Waals surface area contributed by atoms with Crippen LogP contribution in [0.25, 0.3) is 0 Å². The van der Waals surface area contributed by atoms with Gasteiger partial charge in [-0.2, -0.15) is 0 Å². The number of carbonyl (C=O) groups excluding carboxylic acids is 2.